The maximum Gasteiger partial charge on any atom is 0.305 e. The third kappa shape index (κ3) is 11.1. The number of carbonyl (C=O) groups is 1. The van der Waals surface area contributed by atoms with E-state index in [1.807, 2.05) is 6.92 Å². The first-order valence-electron chi connectivity index (χ1n) is 2.57. The molecule has 0 aliphatic carbocycles. The molecule has 4 N–H and O–H groups in total. The van der Waals surface area contributed by atoms with Gasteiger partial charge in [0.25, 0.3) is 0 Å². The van der Waals surface area contributed by atoms with Gasteiger partial charge >= 0.3 is 5.97 Å². The van der Waals surface area contributed by atoms with Gasteiger partial charge in [-0.15, -0.1) is 0 Å². The summed E-state index contributed by atoms with van der Waals surface area (Å²) < 4.78 is 4.76. The first kappa shape index (κ1) is 11.2. The molecule has 0 aliphatic heterocycles. The molecule has 0 atom stereocenters. The highest BCUT2D eigenvalue weighted by Gasteiger charge is 1.92. The maximum absolute atomic E-state index is 9.79. The maximum atomic E-state index is 9.79. The summed E-state index contributed by atoms with van der Waals surface area (Å²) in [6.07, 6.45) is 0.105. The smallest absolute Gasteiger partial charge is 0.305 e. The molecule has 0 unspecified atom stereocenters. The van der Waals surface area contributed by atoms with E-state index in [-0.39, 0.29) is 12.6 Å². The van der Waals surface area contributed by atoms with Crippen molar-refractivity contribution < 1.29 is 14.6 Å². The lowest BCUT2D eigenvalue weighted by Crippen LogP contribution is -2.01. The fourth-order valence-electron chi connectivity index (χ4n) is 0.304. The fourth-order valence-corrected chi connectivity index (χ4v) is 0.304. The van der Waals surface area contributed by atoms with Crippen LogP contribution in [0.3, 0.4) is 0 Å². The normalized spacial score (nSPS) is 8.11. The first-order valence-corrected chi connectivity index (χ1v) is 2.57. The van der Waals surface area contributed by atoms with Gasteiger partial charge in [0.15, 0.2) is 0 Å². The van der Waals surface area contributed by atoms with E-state index in [1.54, 1.807) is 0 Å². The molecule has 0 saturated heterocycles. The molecule has 0 spiro atoms. The van der Waals surface area contributed by atoms with E-state index in [2.05, 4.69) is 0 Å². The largest absolute Gasteiger partial charge is 0.481 e. The van der Waals surface area contributed by atoms with Gasteiger partial charge < -0.3 is 16.0 Å². The number of ether oxygens (including phenoxy) is 1. The van der Waals surface area contributed by atoms with E-state index in [9.17, 15) is 4.79 Å². The minimum Gasteiger partial charge on any atom is -0.481 e. The van der Waals surface area contributed by atoms with Crippen LogP contribution in [0.25, 0.3) is 0 Å². The topological polar surface area (TPSA) is 81.5 Å². The summed E-state index contributed by atoms with van der Waals surface area (Å²) in [5, 5.41) is 8.06. The van der Waals surface area contributed by atoms with Crippen molar-refractivity contribution >= 4 is 5.97 Å². The minimum absolute atomic E-state index is 0. The zero-order chi connectivity index (χ0) is 6.41. The van der Waals surface area contributed by atoms with Crippen molar-refractivity contribution in [3.8, 4) is 0 Å². The zero-order valence-electron chi connectivity index (χ0n) is 5.59. The lowest BCUT2D eigenvalue weighted by molar-refractivity contribution is -0.138. The molecule has 0 saturated carbocycles. The van der Waals surface area contributed by atoms with Crippen LogP contribution in [0.2, 0.25) is 0 Å². The van der Waals surface area contributed by atoms with E-state index in [0.717, 1.165) is 0 Å². The summed E-state index contributed by atoms with van der Waals surface area (Å²) in [5.41, 5.74) is 0. The average Bonchev–Trinajstić information content (AvgIpc) is 1.66. The molecule has 56 valence electrons. The van der Waals surface area contributed by atoms with Gasteiger partial charge in [0.2, 0.25) is 0 Å². The van der Waals surface area contributed by atoms with Crippen LogP contribution in [-0.4, -0.2) is 24.3 Å². The lowest BCUT2D eigenvalue weighted by Gasteiger charge is -1.93. The Labute approximate surface area is 54.4 Å². The summed E-state index contributed by atoms with van der Waals surface area (Å²) >= 11 is 0. The van der Waals surface area contributed by atoms with Gasteiger partial charge in [0.05, 0.1) is 13.0 Å². The molecule has 0 radical (unpaired) electrons. The molecule has 0 fully saturated rings. The molecule has 0 bridgehead atoms. The molecule has 0 rings (SSSR count). The Bertz CT molecular complexity index is 74.6. The number of hydrogen-bond donors (Lipinski definition) is 2. The molecule has 9 heavy (non-hydrogen) atoms. The second-order valence-electron chi connectivity index (χ2n) is 1.34. The summed E-state index contributed by atoms with van der Waals surface area (Å²) in [5.74, 6) is -0.807. The molecular formula is C5H13NO3. The van der Waals surface area contributed by atoms with Gasteiger partial charge in [-0.1, -0.05) is 0 Å². The zero-order valence-corrected chi connectivity index (χ0v) is 5.59. The number of carboxylic acids is 1. The number of carboxylic acid groups (broad SMARTS) is 1. The van der Waals surface area contributed by atoms with Gasteiger partial charge in [-0.2, -0.15) is 0 Å². The molecule has 0 amide bonds. The highest BCUT2D eigenvalue weighted by molar-refractivity contribution is 5.66. The van der Waals surface area contributed by atoms with E-state index in [0.29, 0.717) is 13.2 Å². The predicted molar refractivity (Wildman–Crippen MR) is 33.8 cm³/mol. The Balaban J connectivity index is 0. The predicted octanol–water partition coefficient (Wildman–Crippen LogP) is 0.660. The SMILES string of the molecule is CCOCCC(=O)O.N. The summed E-state index contributed by atoms with van der Waals surface area (Å²) in [6.45, 7) is 2.75. The van der Waals surface area contributed by atoms with Gasteiger partial charge in [-0.25, -0.2) is 0 Å². The number of aliphatic carboxylic acids is 1. The van der Waals surface area contributed by atoms with Crippen molar-refractivity contribution in [1.29, 1.82) is 0 Å². The summed E-state index contributed by atoms with van der Waals surface area (Å²) in [6, 6.07) is 0. The van der Waals surface area contributed by atoms with Gasteiger partial charge in [-0.3, -0.25) is 4.79 Å². The molecule has 0 aromatic rings. The van der Waals surface area contributed by atoms with Crippen LogP contribution >= 0.6 is 0 Å². The quantitative estimate of drug-likeness (QED) is 0.555. The van der Waals surface area contributed by atoms with Crippen LogP contribution in [0.4, 0.5) is 0 Å². The second kappa shape index (κ2) is 7.39. The molecule has 0 aromatic heterocycles. The van der Waals surface area contributed by atoms with E-state index in [1.165, 1.54) is 0 Å². The van der Waals surface area contributed by atoms with Crippen molar-refractivity contribution in [2.24, 2.45) is 0 Å². The Morgan fingerprint density at radius 3 is 2.56 bits per heavy atom. The Morgan fingerprint density at radius 2 is 2.22 bits per heavy atom. The van der Waals surface area contributed by atoms with Crippen molar-refractivity contribution in [3.05, 3.63) is 0 Å². The molecular weight excluding hydrogens is 122 g/mol. The van der Waals surface area contributed by atoms with Crippen LogP contribution in [-0.2, 0) is 9.53 Å². The van der Waals surface area contributed by atoms with Crippen LogP contribution in [0.15, 0.2) is 0 Å². The first-order chi connectivity index (χ1) is 3.77. The van der Waals surface area contributed by atoms with Gasteiger partial charge in [0.1, 0.15) is 0 Å². The average molecular weight is 135 g/mol. The highest BCUT2D eigenvalue weighted by atomic mass is 16.5. The Morgan fingerprint density at radius 1 is 1.67 bits per heavy atom. The monoisotopic (exact) mass is 135 g/mol. The third-order valence-corrected chi connectivity index (χ3v) is 0.664. The van der Waals surface area contributed by atoms with Gasteiger partial charge in [0, 0.05) is 6.61 Å². The summed E-state index contributed by atoms with van der Waals surface area (Å²) in [7, 11) is 0. The molecule has 0 aromatic carbocycles. The van der Waals surface area contributed by atoms with Crippen molar-refractivity contribution in [1.82, 2.24) is 6.15 Å². The van der Waals surface area contributed by atoms with E-state index >= 15 is 0 Å². The van der Waals surface area contributed by atoms with Gasteiger partial charge in [-0.05, 0) is 6.92 Å². The lowest BCUT2D eigenvalue weighted by atomic mass is 10.5. The van der Waals surface area contributed by atoms with Crippen LogP contribution < -0.4 is 6.15 Å². The molecule has 4 heteroatoms. The minimum atomic E-state index is -0.807. The standard InChI is InChI=1S/C5H10O3.H3N/c1-2-8-4-3-5(6)7;/h2-4H2,1H3,(H,6,7);1H3. The molecule has 4 nitrogen and oxygen atoms in total. The van der Waals surface area contributed by atoms with E-state index < -0.39 is 5.97 Å². The van der Waals surface area contributed by atoms with Crippen LogP contribution in [0.1, 0.15) is 13.3 Å². The van der Waals surface area contributed by atoms with E-state index in [4.69, 9.17) is 9.84 Å². The highest BCUT2D eigenvalue weighted by Crippen LogP contribution is 1.79. The van der Waals surface area contributed by atoms with Crippen LogP contribution in [0, 0.1) is 0 Å². The number of rotatable bonds is 4. The summed E-state index contributed by atoms with van der Waals surface area (Å²) in [4.78, 5) is 9.79. The van der Waals surface area contributed by atoms with Crippen LogP contribution in [0.5, 0.6) is 0 Å². The Hall–Kier alpha value is -0.610. The third-order valence-electron chi connectivity index (χ3n) is 0.664. The van der Waals surface area contributed by atoms with Crippen molar-refractivity contribution in [3.63, 3.8) is 0 Å². The second-order valence-corrected chi connectivity index (χ2v) is 1.34. The van der Waals surface area contributed by atoms with Crippen molar-refractivity contribution in [2.75, 3.05) is 13.2 Å². The fraction of sp³-hybridized carbons (Fsp3) is 0.800. The number of hydrogen-bond acceptors (Lipinski definition) is 3. The Kier molecular flexibility index (Phi) is 9.21. The molecule has 0 aliphatic rings. The van der Waals surface area contributed by atoms with Crippen molar-refractivity contribution in [2.45, 2.75) is 13.3 Å². The molecule has 0 heterocycles.